The smallest absolute Gasteiger partial charge is 0.289 e. The van der Waals surface area contributed by atoms with Crippen LogP contribution in [0.4, 0.5) is 0 Å². The highest BCUT2D eigenvalue weighted by Crippen LogP contribution is 2.41. The van der Waals surface area contributed by atoms with Gasteiger partial charge in [0.25, 0.3) is 5.91 Å². The summed E-state index contributed by atoms with van der Waals surface area (Å²) in [5.74, 6) is 1.23. The fraction of sp³-hybridized carbons (Fsp3) is 0.636. The summed E-state index contributed by atoms with van der Waals surface area (Å²) in [6.07, 6.45) is 6.67. The third-order valence-electron chi connectivity index (χ3n) is 6.21. The van der Waals surface area contributed by atoms with Gasteiger partial charge >= 0.3 is 0 Å². The van der Waals surface area contributed by atoms with Crippen LogP contribution in [0.2, 0.25) is 0 Å². The Hall–Kier alpha value is -2.64. The van der Waals surface area contributed by atoms with Crippen LogP contribution in [0.3, 0.4) is 0 Å². The van der Waals surface area contributed by atoms with Gasteiger partial charge in [-0.15, -0.1) is 0 Å². The number of carbonyl (C=O) groups is 2. The number of fused-ring (bicyclic) bond motifs is 1. The molecular weight excluding hydrogens is 384 g/mol. The lowest BCUT2D eigenvalue weighted by atomic mass is 10.00. The Morgan fingerprint density at radius 1 is 1.23 bits per heavy atom. The van der Waals surface area contributed by atoms with Gasteiger partial charge in [0, 0.05) is 31.0 Å². The van der Waals surface area contributed by atoms with E-state index < -0.39 is 0 Å². The van der Waals surface area contributed by atoms with Crippen molar-refractivity contribution in [2.75, 3.05) is 13.1 Å². The van der Waals surface area contributed by atoms with Crippen LogP contribution in [-0.2, 0) is 4.79 Å². The second-order valence-electron chi connectivity index (χ2n) is 8.67. The standard InChI is InChI=1S/C22H30N4O4/c1-14(2)19-24-21(30-25-19)15-12-16-17(13-15)26(22(28)18-8-7-11-29-18)10-6-4-3-5-9-23-20(16)27/h7-8,11,14-17H,3-6,9-10,12-13H2,1-2H3,(H,23,27)/t15-,16-,17+/m1/s1. The number of hydrogen-bond acceptors (Lipinski definition) is 6. The zero-order valence-electron chi connectivity index (χ0n) is 17.7. The molecular formula is C22H30N4O4. The van der Waals surface area contributed by atoms with Crippen molar-refractivity contribution >= 4 is 11.8 Å². The topological polar surface area (TPSA) is 101 Å². The molecule has 8 heteroatoms. The van der Waals surface area contributed by atoms with Crippen molar-refractivity contribution in [1.82, 2.24) is 20.4 Å². The molecule has 8 nitrogen and oxygen atoms in total. The van der Waals surface area contributed by atoms with Crippen LogP contribution < -0.4 is 5.32 Å². The number of hydrogen-bond donors (Lipinski definition) is 1. The highest BCUT2D eigenvalue weighted by Gasteiger charge is 2.46. The quantitative estimate of drug-likeness (QED) is 0.825. The fourth-order valence-corrected chi connectivity index (χ4v) is 4.55. The largest absolute Gasteiger partial charge is 0.459 e. The molecule has 1 aliphatic heterocycles. The maximum atomic E-state index is 13.2. The van der Waals surface area contributed by atoms with Crippen LogP contribution >= 0.6 is 0 Å². The fourth-order valence-electron chi connectivity index (χ4n) is 4.55. The molecule has 1 aliphatic carbocycles. The number of amides is 2. The van der Waals surface area contributed by atoms with Crippen LogP contribution in [-0.4, -0.2) is 46.0 Å². The van der Waals surface area contributed by atoms with Gasteiger partial charge in [0.2, 0.25) is 11.8 Å². The summed E-state index contributed by atoms with van der Waals surface area (Å²) in [7, 11) is 0. The Morgan fingerprint density at radius 2 is 2.07 bits per heavy atom. The third kappa shape index (κ3) is 4.27. The van der Waals surface area contributed by atoms with Gasteiger partial charge in [-0.3, -0.25) is 9.59 Å². The van der Waals surface area contributed by atoms with Crippen LogP contribution in [0.5, 0.6) is 0 Å². The van der Waals surface area contributed by atoms with E-state index in [1.165, 1.54) is 6.26 Å². The number of rotatable bonds is 3. The Morgan fingerprint density at radius 3 is 2.80 bits per heavy atom. The minimum absolute atomic E-state index is 0.00485. The SMILES string of the molecule is CC(C)c1noc([C@@H]2C[C@H]3C(=O)NCCCCCCN(C(=O)c4ccco4)[C@H]3C2)n1. The molecule has 0 unspecified atom stereocenters. The van der Waals surface area contributed by atoms with Gasteiger partial charge < -0.3 is 19.2 Å². The van der Waals surface area contributed by atoms with Crippen molar-refractivity contribution < 1.29 is 18.5 Å². The molecule has 2 fully saturated rings. The van der Waals surface area contributed by atoms with Crippen LogP contribution in [0, 0.1) is 5.92 Å². The van der Waals surface area contributed by atoms with Crippen molar-refractivity contribution in [3.8, 4) is 0 Å². The van der Waals surface area contributed by atoms with Crippen molar-refractivity contribution in [1.29, 1.82) is 0 Å². The van der Waals surface area contributed by atoms with Gasteiger partial charge in [-0.2, -0.15) is 4.98 Å². The van der Waals surface area contributed by atoms with Crippen molar-refractivity contribution in [3.63, 3.8) is 0 Å². The van der Waals surface area contributed by atoms with Crippen molar-refractivity contribution in [2.24, 2.45) is 5.92 Å². The van der Waals surface area contributed by atoms with Crippen LogP contribution in [0.1, 0.15) is 86.5 Å². The van der Waals surface area contributed by atoms with Gasteiger partial charge in [-0.1, -0.05) is 31.8 Å². The first kappa shape index (κ1) is 20.6. The molecule has 0 spiro atoms. The minimum Gasteiger partial charge on any atom is -0.459 e. The highest BCUT2D eigenvalue weighted by molar-refractivity contribution is 5.92. The Bertz CT molecular complexity index is 860. The zero-order valence-corrected chi connectivity index (χ0v) is 17.7. The number of carbonyl (C=O) groups excluding carboxylic acids is 2. The molecule has 1 saturated heterocycles. The predicted molar refractivity (Wildman–Crippen MR) is 109 cm³/mol. The summed E-state index contributed by atoms with van der Waals surface area (Å²) < 4.78 is 10.9. The minimum atomic E-state index is -0.304. The molecule has 2 amide bonds. The van der Waals surface area contributed by atoms with E-state index in [2.05, 4.69) is 15.5 Å². The highest BCUT2D eigenvalue weighted by atomic mass is 16.5. The Labute approximate surface area is 176 Å². The molecule has 2 aromatic heterocycles. The third-order valence-corrected chi connectivity index (χ3v) is 6.21. The maximum Gasteiger partial charge on any atom is 0.289 e. The van der Waals surface area contributed by atoms with Crippen LogP contribution in [0.15, 0.2) is 27.3 Å². The molecule has 4 rings (SSSR count). The van der Waals surface area contributed by atoms with Gasteiger partial charge in [0.15, 0.2) is 11.6 Å². The lowest BCUT2D eigenvalue weighted by Crippen LogP contribution is -2.47. The van der Waals surface area contributed by atoms with Crippen molar-refractivity contribution in [2.45, 2.75) is 70.3 Å². The summed E-state index contributed by atoms with van der Waals surface area (Å²) in [6.45, 7) is 5.33. The first-order valence-electron chi connectivity index (χ1n) is 11.0. The number of nitrogens with zero attached hydrogens (tertiary/aromatic N) is 3. The number of furan rings is 1. The normalized spacial score (nSPS) is 25.6. The summed E-state index contributed by atoms with van der Waals surface area (Å²) in [5.41, 5.74) is 0. The van der Waals surface area contributed by atoms with E-state index in [0.717, 1.165) is 25.7 Å². The number of aromatic nitrogens is 2. The van der Waals surface area contributed by atoms with Gasteiger partial charge in [-0.25, -0.2) is 0 Å². The van der Waals surface area contributed by atoms with Gasteiger partial charge in [0.05, 0.1) is 12.2 Å². The van der Waals surface area contributed by atoms with E-state index in [9.17, 15) is 9.59 Å². The first-order chi connectivity index (χ1) is 14.5. The summed E-state index contributed by atoms with van der Waals surface area (Å²) in [5, 5.41) is 7.16. The molecule has 2 aromatic rings. The molecule has 3 heterocycles. The average molecular weight is 415 g/mol. The second-order valence-corrected chi connectivity index (χ2v) is 8.67. The molecule has 1 saturated carbocycles. The lowest BCUT2D eigenvalue weighted by Gasteiger charge is -2.32. The summed E-state index contributed by atoms with van der Waals surface area (Å²) in [4.78, 5) is 32.7. The molecule has 1 N–H and O–H groups in total. The number of nitrogens with one attached hydrogen (secondary N) is 1. The average Bonchev–Trinajstić information content (AvgIpc) is 3.48. The summed E-state index contributed by atoms with van der Waals surface area (Å²) in [6, 6.07) is 3.18. The lowest BCUT2D eigenvalue weighted by molar-refractivity contribution is -0.126. The molecule has 2 aliphatic rings. The molecule has 0 bridgehead atoms. The molecule has 162 valence electrons. The van der Waals surface area contributed by atoms with E-state index in [1.807, 2.05) is 18.7 Å². The first-order valence-corrected chi connectivity index (χ1v) is 11.0. The van der Waals surface area contributed by atoms with E-state index in [4.69, 9.17) is 8.94 Å². The van der Waals surface area contributed by atoms with Gasteiger partial charge in [0.1, 0.15) is 0 Å². The zero-order chi connectivity index (χ0) is 21.1. The predicted octanol–water partition coefficient (Wildman–Crippen LogP) is 3.48. The van der Waals surface area contributed by atoms with E-state index in [0.29, 0.717) is 43.4 Å². The van der Waals surface area contributed by atoms with Gasteiger partial charge in [-0.05, 0) is 37.8 Å². The van der Waals surface area contributed by atoms with E-state index in [-0.39, 0.29) is 35.6 Å². The van der Waals surface area contributed by atoms with Crippen LogP contribution in [0.25, 0.3) is 0 Å². The Balaban J connectivity index is 1.63. The maximum absolute atomic E-state index is 13.2. The van der Waals surface area contributed by atoms with E-state index in [1.54, 1.807) is 12.1 Å². The second kappa shape index (κ2) is 9.02. The monoisotopic (exact) mass is 414 g/mol. The molecule has 30 heavy (non-hydrogen) atoms. The summed E-state index contributed by atoms with van der Waals surface area (Å²) >= 11 is 0. The van der Waals surface area contributed by atoms with Crippen molar-refractivity contribution in [3.05, 3.63) is 35.9 Å². The molecule has 3 atom stereocenters. The molecule has 0 radical (unpaired) electrons. The molecule has 0 aromatic carbocycles. The Kier molecular flexibility index (Phi) is 6.20. The van der Waals surface area contributed by atoms with E-state index >= 15 is 0 Å².